The molecule has 0 saturated heterocycles. The molecule has 0 fully saturated rings. The van der Waals surface area contributed by atoms with Crippen LogP contribution in [0.5, 0.6) is 5.75 Å². The van der Waals surface area contributed by atoms with E-state index in [0.717, 1.165) is 22.4 Å². The quantitative estimate of drug-likeness (QED) is 0.818. The van der Waals surface area contributed by atoms with Crippen molar-refractivity contribution in [2.24, 2.45) is 0 Å². The first-order valence-electron chi connectivity index (χ1n) is 5.18. The van der Waals surface area contributed by atoms with Crippen LogP contribution >= 0.6 is 0 Å². The van der Waals surface area contributed by atoms with Crippen LogP contribution in [0.3, 0.4) is 0 Å². The van der Waals surface area contributed by atoms with Crippen LogP contribution in [0.25, 0.3) is 0 Å². The average molecular weight is 222 g/mol. The maximum Gasteiger partial charge on any atom is 0.314 e. The van der Waals surface area contributed by atoms with Crippen molar-refractivity contribution in [3.63, 3.8) is 0 Å². The standard InChI is InChI=1S/C12H18N2O2/c1-8-5-10(7-14-12(15)13-3)6-9(2)11(8)16-4/h5-6H,7H2,1-4H3,(H2,13,14,15). The Hall–Kier alpha value is -1.71. The van der Waals surface area contributed by atoms with Crippen LogP contribution in [0.15, 0.2) is 12.1 Å². The van der Waals surface area contributed by atoms with Crippen molar-refractivity contribution in [1.29, 1.82) is 0 Å². The Balaban J connectivity index is 2.79. The van der Waals surface area contributed by atoms with Gasteiger partial charge in [0.2, 0.25) is 0 Å². The molecule has 0 saturated carbocycles. The van der Waals surface area contributed by atoms with E-state index in [0.29, 0.717) is 6.54 Å². The second-order valence-electron chi connectivity index (χ2n) is 3.70. The number of hydrogen-bond acceptors (Lipinski definition) is 2. The van der Waals surface area contributed by atoms with Gasteiger partial charge < -0.3 is 15.4 Å². The van der Waals surface area contributed by atoms with E-state index in [2.05, 4.69) is 10.6 Å². The SMILES string of the molecule is CNC(=O)NCc1cc(C)c(OC)c(C)c1. The summed E-state index contributed by atoms with van der Waals surface area (Å²) in [6.45, 7) is 4.51. The minimum absolute atomic E-state index is 0.175. The molecule has 0 spiro atoms. The van der Waals surface area contributed by atoms with Gasteiger partial charge in [0.1, 0.15) is 5.75 Å². The highest BCUT2D eigenvalue weighted by atomic mass is 16.5. The molecule has 0 aliphatic carbocycles. The van der Waals surface area contributed by atoms with E-state index in [1.54, 1.807) is 14.2 Å². The maximum absolute atomic E-state index is 11.0. The van der Waals surface area contributed by atoms with Gasteiger partial charge in [-0.2, -0.15) is 0 Å². The first kappa shape index (κ1) is 12.4. The molecule has 1 rings (SSSR count). The average Bonchev–Trinajstić information content (AvgIpc) is 2.25. The van der Waals surface area contributed by atoms with E-state index >= 15 is 0 Å². The van der Waals surface area contributed by atoms with E-state index in [9.17, 15) is 4.79 Å². The van der Waals surface area contributed by atoms with Gasteiger partial charge in [0.25, 0.3) is 0 Å². The number of amides is 2. The molecule has 4 nitrogen and oxygen atoms in total. The number of carbonyl (C=O) groups excluding carboxylic acids is 1. The van der Waals surface area contributed by atoms with Gasteiger partial charge in [-0.05, 0) is 30.5 Å². The van der Waals surface area contributed by atoms with Gasteiger partial charge in [0.05, 0.1) is 7.11 Å². The van der Waals surface area contributed by atoms with Crippen LogP contribution in [0, 0.1) is 13.8 Å². The van der Waals surface area contributed by atoms with E-state index < -0.39 is 0 Å². The number of carbonyl (C=O) groups is 1. The van der Waals surface area contributed by atoms with E-state index in [1.165, 1.54) is 0 Å². The number of aryl methyl sites for hydroxylation is 2. The summed E-state index contributed by atoms with van der Waals surface area (Å²) in [6, 6.07) is 3.86. The molecule has 0 radical (unpaired) electrons. The van der Waals surface area contributed by atoms with Gasteiger partial charge in [0.15, 0.2) is 0 Å². The monoisotopic (exact) mass is 222 g/mol. The number of rotatable bonds is 3. The smallest absolute Gasteiger partial charge is 0.314 e. The first-order chi connectivity index (χ1) is 7.58. The molecule has 1 aromatic carbocycles. The highest BCUT2D eigenvalue weighted by molar-refractivity contribution is 5.73. The van der Waals surface area contributed by atoms with Crippen LogP contribution in [0.4, 0.5) is 4.79 Å². The van der Waals surface area contributed by atoms with Gasteiger partial charge >= 0.3 is 6.03 Å². The zero-order chi connectivity index (χ0) is 12.1. The molecule has 0 bridgehead atoms. The third kappa shape index (κ3) is 2.89. The number of benzene rings is 1. The normalized spacial score (nSPS) is 9.75. The first-order valence-corrected chi connectivity index (χ1v) is 5.18. The zero-order valence-corrected chi connectivity index (χ0v) is 10.2. The molecule has 2 N–H and O–H groups in total. The van der Waals surface area contributed by atoms with Crippen molar-refractivity contribution in [2.45, 2.75) is 20.4 Å². The molecule has 88 valence electrons. The summed E-state index contributed by atoms with van der Waals surface area (Å²) >= 11 is 0. The fraction of sp³-hybridized carbons (Fsp3) is 0.417. The Bertz CT molecular complexity index is 366. The van der Waals surface area contributed by atoms with Crippen LogP contribution < -0.4 is 15.4 Å². The summed E-state index contributed by atoms with van der Waals surface area (Å²) in [4.78, 5) is 11.0. The van der Waals surface area contributed by atoms with E-state index in [-0.39, 0.29) is 6.03 Å². The maximum atomic E-state index is 11.0. The fourth-order valence-corrected chi connectivity index (χ4v) is 1.73. The molecular weight excluding hydrogens is 204 g/mol. The highest BCUT2D eigenvalue weighted by Gasteiger charge is 2.05. The Morgan fingerprint density at radius 3 is 2.31 bits per heavy atom. The van der Waals surface area contributed by atoms with Crippen molar-refractivity contribution >= 4 is 6.03 Å². The molecule has 0 unspecified atom stereocenters. The second kappa shape index (κ2) is 5.39. The molecule has 16 heavy (non-hydrogen) atoms. The number of nitrogens with one attached hydrogen (secondary N) is 2. The Kier molecular flexibility index (Phi) is 4.17. The predicted octanol–water partition coefficient (Wildman–Crippen LogP) is 1.74. The summed E-state index contributed by atoms with van der Waals surface area (Å²) in [5.41, 5.74) is 3.23. The Morgan fingerprint density at radius 1 is 1.31 bits per heavy atom. The van der Waals surface area contributed by atoms with Gasteiger partial charge in [-0.15, -0.1) is 0 Å². The van der Waals surface area contributed by atoms with Crippen molar-refractivity contribution in [2.75, 3.05) is 14.2 Å². The third-order valence-electron chi connectivity index (χ3n) is 2.40. The lowest BCUT2D eigenvalue weighted by atomic mass is 10.1. The van der Waals surface area contributed by atoms with Crippen molar-refractivity contribution in [3.05, 3.63) is 28.8 Å². The Morgan fingerprint density at radius 2 is 1.88 bits per heavy atom. The molecule has 0 aromatic heterocycles. The summed E-state index contributed by atoms with van der Waals surface area (Å²) < 4.78 is 5.28. The zero-order valence-electron chi connectivity index (χ0n) is 10.2. The molecule has 0 aliphatic heterocycles. The lowest BCUT2D eigenvalue weighted by Crippen LogP contribution is -2.32. The summed E-state index contributed by atoms with van der Waals surface area (Å²) in [5.74, 6) is 0.906. The fourth-order valence-electron chi connectivity index (χ4n) is 1.73. The van der Waals surface area contributed by atoms with Crippen molar-refractivity contribution < 1.29 is 9.53 Å². The molecule has 4 heteroatoms. The van der Waals surface area contributed by atoms with Gasteiger partial charge in [-0.1, -0.05) is 12.1 Å². The van der Waals surface area contributed by atoms with E-state index in [1.807, 2.05) is 26.0 Å². The summed E-state index contributed by atoms with van der Waals surface area (Å²) in [7, 11) is 3.26. The lowest BCUT2D eigenvalue weighted by Gasteiger charge is -2.11. The van der Waals surface area contributed by atoms with Crippen LogP contribution in [-0.4, -0.2) is 20.2 Å². The van der Waals surface area contributed by atoms with Crippen molar-refractivity contribution in [1.82, 2.24) is 10.6 Å². The third-order valence-corrected chi connectivity index (χ3v) is 2.40. The molecule has 0 atom stereocenters. The van der Waals surface area contributed by atoms with Crippen LogP contribution in [0.2, 0.25) is 0 Å². The molecule has 0 aliphatic rings. The minimum atomic E-state index is -0.175. The van der Waals surface area contributed by atoms with E-state index in [4.69, 9.17) is 4.74 Å². The van der Waals surface area contributed by atoms with Gasteiger partial charge in [0, 0.05) is 13.6 Å². The molecule has 2 amide bonds. The predicted molar refractivity (Wildman–Crippen MR) is 63.8 cm³/mol. The number of hydrogen-bond donors (Lipinski definition) is 2. The molecule has 1 aromatic rings. The summed E-state index contributed by atoms with van der Waals surface area (Å²) in [6.07, 6.45) is 0. The second-order valence-corrected chi connectivity index (χ2v) is 3.70. The van der Waals surface area contributed by atoms with Gasteiger partial charge in [-0.25, -0.2) is 4.79 Å². The Labute approximate surface area is 96.0 Å². The highest BCUT2D eigenvalue weighted by Crippen LogP contribution is 2.24. The number of urea groups is 1. The topological polar surface area (TPSA) is 50.4 Å². The lowest BCUT2D eigenvalue weighted by molar-refractivity contribution is 0.242. The molecular formula is C12H18N2O2. The van der Waals surface area contributed by atoms with Crippen LogP contribution in [0.1, 0.15) is 16.7 Å². The molecule has 0 heterocycles. The van der Waals surface area contributed by atoms with Crippen molar-refractivity contribution in [3.8, 4) is 5.75 Å². The van der Waals surface area contributed by atoms with Gasteiger partial charge in [-0.3, -0.25) is 0 Å². The van der Waals surface area contributed by atoms with Crippen LogP contribution in [-0.2, 0) is 6.54 Å². The number of ether oxygens (including phenoxy) is 1. The minimum Gasteiger partial charge on any atom is -0.496 e. The summed E-state index contributed by atoms with van der Waals surface area (Å²) in [5, 5.41) is 5.26. The number of methoxy groups -OCH3 is 1. The largest absolute Gasteiger partial charge is 0.496 e.